The summed E-state index contributed by atoms with van der Waals surface area (Å²) < 4.78 is 34.6. The molecule has 0 saturated carbocycles. The number of carbonyl (C=O) groups is 1. The van der Waals surface area contributed by atoms with Crippen LogP contribution in [-0.2, 0) is 26.0 Å². The maximum Gasteiger partial charge on any atom is 0.241 e. The Balaban J connectivity index is 2.19. The topological polar surface area (TPSA) is 84.5 Å². The van der Waals surface area contributed by atoms with Gasteiger partial charge >= 0.3 is 0 Å². The third-order valence-corrected chi connectivity index (χ3v) is 6.62. The molecule has 2 N–H and O–H groups in total. The third-order valence-electron chi connectivity index (χ3n) is 4.84. The number of ether oxygens (including phenoxy) is 1. The molecular weight excluding hydrogens is 412 g/mol. The van der Waals surface area contributed by atoms with Gasteiger partial charge in [-0.15, -0.1) is 0 Å². The van der Waals surface area contributed by atoms with Crippen LogP contribution in [-0.4, -0.2) is 39.6 Å². The monoisotopic (exact) mass is 446 g/mol. The Hall–Kier alpha value is -2.22. The normalized spacial score (nSPS) is 12.7. The molecule has 0 heterocycles. The van der Waals surface area contributed by atoms with Crippen LogP contribution in [0.5, 0.6) is 0 Å². The van der Waals surface area contributed by atoms with Gasteiger partial charge in [0.1, 0.15) is 6.04 Å². The molecule has 1 amide bonds. The first-order valence-corrected chi connectivity index (χ1v) is 12.1. The van der Waals surface area contributed by atoms with E-state index >= 15 is 0 Å². The second-order valence-electron chi connectivity index (χ2n) is 8.16. The molecule has 0 aliphatic carbocycles. The van der Waals surface area contributed by atoms with Crippen molar-refractivity contribution in [1.29, 1.82) is 0 Å². The molecule has 2 aromatic carbocycles. The zero-order chi connectivity index (χ0) is 23.0. The summed E-state index contributed by atoms with van der Waals surface area (Å²) in [4.78, 5) is 13.1. The van der Waals surface area contributed by atoms with Gasteiger partial charge in [-0.05, 0) is 64.2 Å². The predicted octanol–water partition coefficient (Wildman–Crippen LogP) is 3.43. The van der Waals surface area contributed by atoms with Crippen molar-refractivity contribution < 1.29 is 17.9 Å². The molecule has 0 aliphatic heterocycles. The van der Waals surface area contributed by atoms with Crippen LogP contribution in [0.25, 0.3) is 0 Å². The van der Waals surface area contributed by atoms with E-state index in [1.807, 2.05) is 63.2 Å². The number of amides is 1. The zero-order valence-corrected chi connectivity index (χ0v) is 19.9. The van der Waals surface area contributed by atoms with Crippen molar-refractivity contribution in [3.8, 4) is 0 Å². The van der Waals surface area contributed by atoms with Crippen LogP contribution in [0.3, 0.4) is 0 Å². The van der Waals surface area contributed by atoms with E-state index in [9.17, 15) is 13.2 Å². The van der Waals surface area contributed by atoms with E-state index in [1.54, 1.807) is 13.8 Å². The minimum Gasteiger partial charge on any atom is -0.379 e. The molecule has 0 aliphatic rings. The minimum atomic E-state index is -3.88. The Morgan fingerprint density at radius 2 is 1.65 bits per heavy atom. The van der Waals surface area contributed by atoms with Gasteiger partial charge in [0.15, 0.2) is 0 Å². The molecule has 170 valence electrons. The number of hydrogen-bond donors (Lipinski definition) is 2. The van der Waals surface area contributed by atoms with Gasteiger partial charge in [0.05, 0.1) is 11.0 Å². The van der Waals surface area contributed by atoms with Crippen molar-refractivity contribution >= 4 is 15.9 Å². The fourth-order valence-corrected chi connectivity index (χ4v) is 5.25. The lowest BCUT2D eigenvalue weighted by atomic mass is 10.1. The predicted molar refractivity (Wildman–Crippen MR) is 124 cm³/mol. The fourth-order valence-electron chi connectivity index (χ4n) is 3.60. The Morgan fingerprint density at radius 3 is 2.23 bits per heavy atom. The largest absolute Gasteiger partial charge is 0.379 e. The average molecular weight is 447 g/mol. The molecule has 0 fully saturated rings. The number of hydrogen-bond acceptors (Lipinski definition) is 4. The van der Waals surface area contributed by atoms with Crippen molar-refractivity contribution in [3.05, 3.63) is 64.7 Å². The van der Waals surface area contributed by atoms with E-state index in [1.165, 1.54) is 0 Å². The van der Waals surface area contributed by atoms with Gasteiger partial charge in [0.2, 0.25) is 15.9 Å². The highest BCUT2D eigenvalue weighted by atomic mass is 32.2. The van der Waals surface area contributed by atoms with Crippen molar-refractivity contribution in [3.63, 3.8) is 0 Å². The van der Waals surface area contributed by atoms with Crippen LogP contribution in [0.2, 0.25) is 0 Å². The maximum atomic E-state index is 13.2. The number of aryl methyl sites for hydroxylation is 3. The molecule has 0 saturated heterocycles. The van der Waals surface area contributed by atoms with Crippen molar-refractivity contribution in [2.75, 3.05) is 13.2 Å². The van der Waals surface area contributed by atoms with Gasteiger partial charge in [0, 0.05) is 13.2 Å². The summed E-state index contributed by atoms with van der Waals surface area (Å²) in [6.07, 6.45) is 1.05. The number of rotatable bonds is 11. The highest BCUT2D eigenvalue weighted by molar-refractivity contribution is 7.89. The SMILES string of the molecule is Cc1cc(C)c(S(=O)(=O)NC(Cc2ccccc2)C(=O)NCCCOC(C)C)c(C)c1. The molecule has 2 rings (SSSR count). The number of carbonyl (C=O) groups excluding carboxylic acids is 1. The molecule has 1 unspecified atom stereocenters. The van der Waals surface area contributed by atoms with Crippen LogP contribution >= 0.6 is 0 Å². The molecule has 0 radical (unpaired) electrons. The Kier molecular flexibility index (Phi) is 9.22. The second kappa shape index (κ2) is 11.4. The first kappa shape index (κ1) is 25.0. The van der Waals surface area contributed by atoms with Crippen LogP contribution in [0, 0.1) is 20.8 Å². The number of nitrogens with one attached hydrogen (secondary N) is 2. The van der Waals surface area contributed by atoms with Gasteiger partial charge < -0.3 is 10.1 Å². The highest BCUT2D eigenvalue weighted by Gasteiger charge is 2.28. The summed E-state index contributed by atoms with van der Waals surface area (Å²) in [6.45, 7) is 10.3. The third kappa shape index (κ3) is 7.76. The smallest absolute Gasteiger partial charge is 0.241 e. The summed E-state index contributed by atoms with van der Waals surface area (Å²) >= 11 is 0. The molecule has 2 aromatic rings. The molecule has 0 aromatic heterocycles. The first-order chi connectivity index (χ1) is 14.6. The van der Waals surface area contributed by atoms with Crippen LogP contribution < -0.4 is 10.0 Å². The standard InChI is InChI=1S/C24H34N2O4S/c1-17(2)30-13-9-12-25-24(27)22(16-21-10-7-6-8-11-21)26-31(28,29)23-19(4)14-18(3)15-20(23)5/h6-8,10-11,14-15,17,22,26H,9,12-13,16H2,1-5H3,(H,25,27). The first-order valence-electron chi connectivity index (χ1n) is 10.6. The molecular formula is C24H34N2O4S. The lowest BCUT2D eigenvalue weighted by Gasteiger charge is -2.21. The molecule has 6 nitrogen and oxygen atoms in total. The maximum absolute atomic E-state index is 13.2. The number of benzene rings is 2. The van der Waals surface area contributed by atoms with Gasteiger partial charge in [-0.3, -0.25) is 4.79 Å². The van der Waals surface area contributed by atoms with E-state index in [-0.39, 0.29) is 23.3 Å². The summed E-state index contributed by atoms with van der Waals surface area (Å²) in [5.74, 6) is -0.348. The quantitative estimate of drug-likeness (QED) is 0.518. The lowest BCUT2D eigenvalue weighted by molar-refractivity contribution is -0.122. The molecule has 0 bridgehead atoms. The summed E-state index contributed by atoms with van der Waals surface area (Å²) in [5, 5.41) is 2.84. The molecule has 7 heteroatoms. The number of sulfonamides is 1. The summed E-state index contributed by atoms with van der Waals surface area (Å²) in [6, 6.07) is 12.1. The van der Waals surface area contributed by atoms with Crippen LogP contribution in [0.15, 0.2) is 47.4 Å². The fraction of sp³-hybridized carbons (Fsp3) is 0.458. The van der Waals surface area contributed by atoms with Gasteiger partial charge in [-0.25, -0.2) is 8.42 Å². The van der Waals surface area contributed by atoms with E-state index in [0.717, 1.165) is 11.1 Å². The molecule has 1 atom stereocenters. The van der Waals surface area contributed by atoms with Crippen molar-refractivity contribution in [2.24, 2.45) is 0 Å². The Morgan fingerprint density at radius 1 is 1.03 bits per heavy atom. The summed E-state index contributed by atoms with van der Waals surface area (Å²) in [5.41, 5.74) is 3.20. The molecule has 31 heavy (non-hydrogen) atoms. The Labute approximate surface area is 186 Å². The van der Waals surface area contributed by atoms with Gasteiger partial charge in [0.25, 0.3) is 0 Å². The minimum absolute atomic E-state index is 0.134. The summed E-state index contributed by atoms with van der Waals surface area (Å²) in [7, 11) is -3.88. The zero-order valence-electron chi connectivity index (χ0n) is 19.1. The second-order valence-corrected chi connectivity index (χ2v) is 9.81. The average Bonchev–Trinajstić information content (AvgIpc) is 2.66. The van der Waals surface area contributed by atoms with Crippen LogP contribution in [0.1, 0.15) is 42.5 Å². The van der Waals surface area contributed by atoms with E-state index in [2.05, 4.69) is 10.0 Å². The van der Waals surface area contributed by atoms with E-state index < -0.39 is 16.1 Å². The lowest BCUT2D eigenvalue weighted by Crippen LogP contribution is -2.48. The van der Waals surface area contributed by atoms with Gasteiger partial charge in [-0.1, -0.05) is 48.0 Å². The Bertz CT molecular complexity index is 949. The van der Waals surface area contributed by atoms with Crippen molar-refractivity contribution in [1.82, 2.24) is 10.0 Å². The van der Waals surface area contributed by atoms with Crippen LogP contribution in [0.4, 0.5) is 0 Å². The molecule has 0 spiro atoms. The van der Waals surface area contributed by atoms with E-state index in [4.69, 9.17) is 4.74 Å². The van der Waals surface area contributed by atoms with Crippen molar-refractivity contribution in [2.45, 2.75) is 64.5 Å². The highest BCUT2D eigenvalue weighted by Crippen LogP contribution is 2.22. The van der Waals surface area contributed by atoms with E-state index in [0.29, 0.717) is 30.7 Å². The van der Waals surface area contributed by atoms with Gasteiger partial charge in [-0.2, -0.15) is 4.72 Å².